The molecule has 10 heteroatoms. The Morgan fingerprint density at radius 2 is 1.47 bits per heavy atom. The van der Waals surface area contributed by atoms with Gasteiger partial charge in [-0.2, -0.15) is 0 Å². The third kappa shape index (κ3) is 9.28. The lowest BCUT2D eigenvalue weighted by atomic mass is 9.98. The lowest BCUT2D eigenvalue weighted by molar-refractivity contribution is -0.135. The summed E-state index contributed by atoms with van der Waals surface area (Å²) in [5.74, 6) is -1.98. The molecular formula is C28H38N4O6. The van der Waals surface area contributed by atoms with Crippen LogP contribution in [0, 0.1) is 5.92 Å². The molecule has 0 fully saturated rings. The summed E-state index contributed by atoms with van der Waals surface area (Å²) >= 11 is 0. The number of nitrogens with two attached hydrogens (primary N) is 1. The van der Waals surface area contributed by atoms with Gasteiger partial charge in [-0.1, -0.05) is 62.7 Å². The molecule has 0 radical (unpaired) electrons. The Bertz CT molecular complexity index is 1060. The summed E-state index contributed by atoms with van der Waals surface area (Å²) in [4.78, 5) is 50.7. The van der Waals surface area contributed by atoms with Crippen LogP contribution in [0.4, 0.5) is 0 Å². The second-order valence-electron chi connectivity index (χ2n) is 9.51. The summed E-state index contributed by atoms with van der Waals surface area (Å²) < 4.78 is 0. The van der Waals surface area contributed by atoms with E-state index in [4.69, 9.17) is 5.73 Å². The molecule has 2 rings (SSSR count). The molecule has 0 aliphatic carbocycles. The van der Waals surface area contributed by atoms with Gasteiger partial charge in [-0.25, -0.2) is 0 Å². The summed E-state index contributed by atoms with van der Waals surface area (Å²) in [6.45, 7) is 5.09. The van der Waals surface area contributed by atoms with Crippen LogP contribution in [0.1, 0.15) is 38.3 Å². The first-order chi connectivity index (χ1) is 18.0. The Morgan fingerprint density at radius 1 is 0.868 bits per heavy atom. The lowest BCUT2D eigenvalue weighted by Gasteiger charge is -2.27. The minimum absolute atomic E-state index is 0.0691. The number of aldehydes is 1. The molecule has 0 saturated carbocycles. The van der Waals surface area contributed by atoms with Gasteiger partial charge in [0.2, 0.25) is 17.7 Å². The molecule has 0 saturated heterocycles. The fraction of sp³-hybridized carbons (Fsp3) is 0.429. The van der Waals surface area contributed by atoms with Crippen LogP contribution in [0.15, 0.2) is 54.6 Å². The number of hydrogen-bond donors (Lipinski definition) is 6. The summed E-state index contributed by atoms with van der Waals surface area (Å²) in [7, 11) is 0. The molecule has 206 valence electrons. The molecule has 0 aromatic heterocycles. The number of carbonyl (C=O) groups excluding carboxylic acids is 4. The third-order valence-corrected chi connectivity index (χ3v) is 6.42. The maximum Gasteiger partial charge on any atom is 0.245 e. The molecule has 2 aromatic carbocycles. The Hall–Kier alpha value is -3.76. The summed E-state index contributed by atoms with van der Waals surface area (Å²) in [5.41, 5.74) is 7.53. The van der Waals surface area contributed by atoms with E-state index in [-0.39, 0.29) is 24.5 Å². The number of rotatable bonds is 14. The van der Waals surface area contributed by atoms with Gasteiger partial charge < -0.3 is 36.7 Å². The van der Waals surface area contributed by atoms with Crippen molar-refractivity contribution in [2.45, 2.75) is 70.3 Å². The first-order valence-corrected chi connectivity index (χ1v) is 12.7. The highest BCUT2D eigenvalue weighted by Crippen LogP contribution is 2.12. The normalized spacial score (nSPS) is 15.7. The number of aliphatic hydroxyl groups excluding tert-OH is 1. The number of phenols is 1. The minimum Gasteiger partial charge on any atom is -0.508 e. The maximum absolute atomic E-state index is 13.3. The number of aliphatic hydroxyl groups is 1. The van der Waals surface area contributed by atoms with Crippen LogP contribution < -0.4 is 21.7 Å². The van der Waals surface area contributed by atoms with Crippen molar-refractivity contribution in [1.82, 2.24) is 16.0 Å². The van der Waals surface area contributed by atoms with Gasteiger partial charge >= 0.3 is 0 Å². The Balaban J connectivity index is 2.16. The standard InChI is InChI=1S/C28H38N4O6/c1-4-17(2)24(29)27(37)31-23(15-19-8-6-5-7-9-19)26(36)32-25(18(3)34)28(38)30-21(16-33)14-20-10-12-22(35)13-11-20/h5-13,16-18,21,23-25,34-35H,4,14-15,29H2,1-3H3,(H,30,38)(H,31,37)(H,32,36)/t17-,18+,21-,23-,24-,25-/m0/s1. The highest BCUT2D eigenvalue weighted by Gasteiger charge is 2.32. The quantitative estimate of drug-likeness (QED) is 0.196. The molecule has 0 aliphatic heterocycles. The monoisotopic (exact) mass is 526 g/mol. The maximum atomic E-state index is 13.3. The van der Waals surface area contributed by atoms with Crippen molar-refractivity contribution >= 4 is 24.0 Å². The Kier molecular flexibility index (Phi) is 11.9. The number of benzene rings is 2. The molecule has 0 aliphatic rings. The largest absolute Gasteiger partial charge is 0.508 e. The van der Waals surface area contributed by atoms with Crippen LogP contribution in [-0.2, 0) is 32.0 Å². The molecule has 0 bridgehead atoms. The van der Waals surface area contributed by atoms with E-state index in [0.29, 0.717) is 18.3 Å². The van der Waals surface area contributed by atoms with E-state index in [1.165, 1.54) is 19.1 Å². The SMILES string of the molecule is CC[C@H](C)[C@H](N)C(=O)N[C@@H](Cc1ccccc1)C(=O)N[C@H](C(=O)N[C@H](C=O)Cc1ccc(O)cc1)[C@@H](C)O. The van der Waals surface area contributed by atoms with Crippen LogP contribution >= 0.6 is 0 Å². The van der Waals surface area contributed by atoms with Crippen LogP contribution in [0.25, 0.3) is 0 Å². The zero-order valence-electron chi connectivity index (χ0n) is 22.0. The molecule has 0 unspecified atom stereocenters. The summed E-state index contributed by atoms with van der Waals surface area (Å²) in [6, 6.07) is 11.0. The van der Waals surface area contributed by atoms with Crippen molar-refractivity contribution in [2.24, 2.45) is 11.7 Å². The molecule has 38 heavy (non-hydrogen) atoms. The summed E-state index contributed by atoms with van der Waals surface area (Å²) in [6.07, 6.45) is 0.223. The second kappa shape index (κ2) is 14.8. The van der Waals surface area contributed by atoms with Crippen LogP contribution in [0.3, 0.4) is 0 Å². The fourth-order valence-electron chi connectivity index (χ4n) is 3.79. The van der Waals surface area contributed by atoms with Gasteiger partial charge in [0.15, 0.2) is 0 Å². The van der Waals surface area contributed by atoms with Crippen LogP contribution in [-0.4, -0.2) is 64.5 Å². The van der Waals surface area contributed by atoms with Crippen molar-refractivity contribution < 1.29 is 29.4 Å². The van der Waals surface area contributed by atoms with Crippen molar-refractivity contribution in [3.05, 3.63) is 65.7 Å². The van der Waals surface area contributed by atoms with Gasteiger partial charge in [0.25, 0.3) is 0 Å². The van der Waals surface area contributed by atoms with Gasteiger partial charge in [-0.15, -0.1) is 0 Å². The number of amides is 3. The van der Waals surface area contributed by atoms with Gasteiger partial charge in [-0.05, 0) is 42.5 Å². The zero-order valence-corrected chi connectivity index (χ0v) is 22.0. The molecule has 0 heterocycles. The highest BCUT2D eigenvalue weighted by atomic mass is 16.3. The van der Waals surface area contributed by atoms with Crippen molar-refractivity contribution in [2.75, 3.05) is 0 Å². The van der Waals surface area contributed by atoms with Crippen LogP contribution in [0.5, 0.6) is 5.75 Å². The number of nitrogens with one attached hydrogen (secondary N) is 3. The van der Waals surface area contributed by atoms with E-state index in [1.807, 2.05) is 19.9 Å². The van der Waals surface area contributed by atoms with Gasteiger partial charge in [0.1, 0.15) is 24.1 Å². The van der Waals surface area contributed by atoms with E-state index in [2.05, 4.69) is 16.0 Å². The Morgan fingerprint density at radius 3 is 2.03 bits per heavy atom. The fourth-order valence-corrected chi connectivity index (χ4v) is 3.79. The van der Waals surface area contributed by atoms with Crippen molar-refractivity contribution in [3.8, 4) is 5.75 Å². The molecule has 7 N–H and O–H groups in total. The Labute approximate surface area is 223 Å². The van der Waals surface area contributed by atoms with E-state index in [9.17, 15) is 29.4 Å². The van der Waals surface area contributed by atoms with Gasteiger partial charge in [0, 0.05) is 6.42 Å². The molecule has 6 atom stereocenters. The number of aromatic hydroxyl groups is 1. The predicted octanol–water partition coefficient (Wildman–Crippen LogP) is 0.585. The first-order valence-electron chi connectivity index (χ1n) is 12.7. The molecule has 3 amide bonds. The zero-order chi connectivity index (χ0) is 28.2. The lowest BCUT2D eigenvalue weighted by Crippen LogP contribution is -2.60. The van der Waals surface area contributed by atoms with Crippen molar-refractivity contribution in [1.29, 1.82) is 0 Å². The average Bonchev–Trinajstić information content (AvgIpc) is 2.91. The van der Waals surface area contributed by atoms with Gasteiger partial charge in [-0.3, -0.25) is 14.4 Å². The van der Waals surface area contributed by atoms with E-state index >= 15 is 0 Å². The van der Waals surface area contributed by atoms with E-state index in [1.54, 1.807) is 36.4 Å². The van der Waals surface area contributed by atoms with Crippen LogP contribution in [0.2, 0.25) is 0 Å². The number of carbonyl (C=O) groups is 4. The predicted molar refractivity (Wildman–Crippen MR) is 143 cm³/mol. The highest BCUT2D eigenvalue weighted by molar-refractivity contribution is 5.94. The smallest absolute Gasteiger partial charge is 0.245 e. The van der Waals surface area contributed by atoms with E-state index in [0.717, 1.165) is 5.56 Å². The molecule has 0 spiro atoms. The molecular weight excluding hydrogens is 488 g/mol. The third-order valence-electron chi connectivity index (χ3n) is 6.42. The van der Waals surface area contributed by atoms with Crippen molar-refractivity contribution in [3.63, 3.8) is 0 Å². The minimum atomic E-state index is -1.39. The topological polar surface area (TPSA) is 171 Å². The van der Waals surface area contributed by atoms with Gasteiger partial charge in [0.05, 0.1) is 18.2 Å². The van der Waals surface area contributed by atoms with E-state index < -0.39 is 48.0 Å². The molecule has 2 aromatic rings. The number of phenolic OH excluding ortho intramolecular Hbond substituents is 1. The molecule has 10 nitrogen and oxygen atoms in total. The number of hydrogen-bond acceptors (Lipinski definition) is 7. The second-order valence-corrected chi connectivity index (χ2v) is 9.51. The average molecular weight is 527 g/mol. The first kappa shape index (κ1) is 30.5. The summed E-state index contributed by atoms with van der Waals surface area (Å²) in [5, 5.41) is 27.5.